The van der Waals surface area contributed by atoms with Crippen molar-refractivity contribution in [1.29, 1.82) is 0 Å². The van der Waals surface area contributed by atoms with Gasteiger partial charge in [-0.3, -0.25) is 4.79 Å². The summed E-state index contributed by atoms with van der Waals surface area (Å²) in [7, 11) is 1.36. The Labute approximate surface area is 194 Å². The van der Waals surface area contributed by atoms with Crippen LogP contribution in [0.4, 0.5) is 4.39 Å². The summed E-state index contributed by atoms with van der Waals surface area (Å²) in [6.45, 7) is 5.61. The van der Waals surface area contributed by atoms with Gasteiger partial charge in [0.15, 0.2) is 11.6 Å². The summed E-state index contributed by atoms with van der Waals surface area (Å²) in [6, 6.07) is 11.7. The predicted molar refractivity (Wildman–Crippen MR) is 121 cm³/mol. The molecule has 0 heterocycles. The summed E-state index contributed by atoms with van der Waals surface area (Å²) >= 11 is 0. The highest BCUT2D eigenvalue weighted by Crippen LogP contribution is 2.33. The Kier molecular flexibility index (Phi) is 7.95. The van der Waals surface area contributed by atoms with E-state index in [0.29, 0.717) is 25.7 Å². The molecule has 1 aliphatic rings. The Morgan fingerprint density at radius 2 is 1.67 bits per heavy atom. The summed E-state index contributed by atoms with van der Waals surface area (Å²) in [5.41, 5.74) is 0.403. The second-order valence-electron chi connectivity index (χ2n) is 9.17. The van der Waals surface area contributed by atoms with Gasteiger partial charge < -0.3 is 18.9 Å². The highest BCUT2D eigenvalue weighted by molar-refractivity contribution is 5.93. The van der Waals surface area contributed by atoms with Gasteiger partial charge in [0.2, 0.25) is 0 Å². The van der Waals surface area contributed by atoms with Gasteiger partial charge in [-0.05, 0) is 52.0 Å². The third-order valence-corrected chi connectivity index (χ3v) is 5.39. The Hall–Kier alpha value is -3.09. The van der Waals surface area contributed by atoms with Crippen molar-refractivity contribution >= 4 is 11.9 Å². The second-order valence-corrected chi connectivity index (χ2v) is 9.17. The summed E-state index contributed by atoms with van der Waals surface area (Å²) in [5, 5.41) is 0. The number of esters is 2. The Morgan fingerprint density at radius 3 is 2.27 bits per heavy atom. The summed E-state index contributed by atoms with van der Waals surface area (Å²) in [4.78, 5) is 25.0. The molecular formula is C26H31FO6. The van der Waals surface area contributed by atoms with E-state index < -0.39 is 17.4 Å². The van der Waals surface area contributed by atoms with Gasteiger partial charge in [0.1, 0.15) is 23.5 Å². The molecule has 2 aromatic rings. The first kappa shape index (κ1) is 24.6. The summed E-state index contributed by atoms with van der Waals surface area (Å²) in [5.74, 6) is -1.61. The molecule has 0 spiro atoms. The van der Waals surface area contributed by atoms with Crippen LogP contribution in [0.5, 0.6) is 11.5 Å². The van der Waals surface area contributed by atoms with Gasteiger partial charge in [-0.15, -0.1) is 0 Å². The van der Waals surface area contributed by atoms with Crippen LogP contribution in [0.25, 0.3) is 0 Å². The van der Waals surface area contributed by atoms with Crippen molar-refractivity contribution < 1.29 is 32.9 Å². The van der Waals surface area contributed by atoms with Crippen LogP contribution in [0.1, 0.15) is 62.4 Å². The Bertz CT molecular complexity index is 959. The average Bonchev–Trinajstić information content (AvgIpc) is 2.78. The topological polar surface area (TPSA) is 71.1 Å². The molecule has 0 aromatic heterocycles. The van der Waals surface area contributed by atoms with Crippen molar-refractivity contribution in [2.75, 3.05) is 7.11 Å². The lowest BCUT2D eigenvalue weighted by Gasteiger charge is -2.30. The van der Waals surface area contributed by atoms with E-state index in [4.69, 9.17) is 18.9 Å². The van der Waals surface area contributed by atoms with E-state index in [-0.39, 0.29) is 41.7 Å². The number of methoxy groups -OCH3 is 1. The number of carbonyl (C=O) groups is 2. The van der Waals surface area contributed by atoms with Crippen LogP contribution in [-0.4, -0.2) is 30.8 Å². The van der Waals surface area contributed by atoms with Crippen molar-refractivity contribution in [1.82, 2.24) is 0 Å². The number of rotatable bonds is 7. The van der Waals surface area contributed by atoms with Crippen LogP contribution in [0, 0.1) is 11.7 Å². The lowest BCUT2D eigenvalue weighted by molar-refractivity contribution is -0.161. The molecule has 7 heteroatoms. The van der Waals surface area contributed by atoms with Crippen LogP contribution in [0.15, 0.2) is 42.5 Å². The molecule has 1 saturated carbocycles. The van der Waals surface area contributed by atoms with Crippen LogP contribution < -0.4 is 9.47 Å². The first-order valence-electron chi connectivity index (χ1n) is 11.1. The number of hydrogen-bond acceptors (Lipinski definition) is 6. The minimum Gasteiger partial charge on any atom is -0.496 e. The van der Waals surface area contributed by atoms with E-state index in [1.165, 1.54) is 13.2 Å². The van der Waals surface area contributed by atoms with Crippen molar-refractivity contribution in [2.24, 2.45) is 5.92 Å². The number of halogens is 1. The lowest BCUT2D eigenvalue weighted by atomic mass is 9.87. The maximum atomic E-state index is 14.6. The van der Waals surface area contributed by atoms with Gasteiger partial charge in [0.25, 0.3) is 0 Å². The normalized spacial score (nSPS) is 18.3. The zero-order valence-electron chi connectivity index (χ0n) is 19.6. The average molecular weight is 459 g/mol. The molecule has 0 radical (unpaired) electrons. The van der Waals surface area contributed by atoms with Crippen molar-refractivity contribution in [3.05, 3.63) is 59.4 Å². The van der Waals surface area contributed by atoms with E-state index in [1.807, 2.05) is 51.1 Å². The van der Waals surface area contributed by atoms with E-state index in [9.17, 15) is 14.0 Å². The molecule has 3 rings (SSSR count). The molecule has 0 aliphatic heterocycles. The molecule has 178 valence electrons. The largest absolute Gasteiger partial charge is 0.496 e. The zero-order chi connectivity index (χ0) is 24.0. The minimum atomic E-state index is -0.630. The predicted octanol–water partition coefficient (Wildman–Crippen LogP) is 5.47. The Morgan fingerprint density at radius 1 is 1.00 bits per heavy atom. The standard InChI is InChI=1S/C26H31FO6/c1-26(2,3)33-24(28)18-10-12-19(13-11-18)32-23-14-20(22(30-4)15-21(23)27)25(29)31-16-17-8-6-5-7-9-17/h5-9,14-15,18-19H,10-13,16H2,1-4H3. The summed E-state index contributed by atoms with van der Waals surface area (Å²) in [6.07, 6.45) is 2.11. The number of benzene rings is 2. The summed E-state index contributed by atoms with van der Waals surface area (Å²) < 4.78 is 36.5. The molecule has 33 heavy (non-hydrogen) atoms. The smallest absolute Gasteiger partial charge is 0.342 e. The quantitative estimate of drug-likeness (QED) is 0.513. The van der Waals surface area contributed by atoms with Crippen LogP contribution in [-0.2, 0) is 20.9 Å². The lowest BCUT2D eigenvalue weighted by Crippen LogP contribution is -2.33. The fraction of sp³-hybridized carbons (Fsp3) is 0.462. The second kappa shape index (κ2) is 10.7. The van der Waals surface area contributed by atoms with Gasteiger partial charge in [-0.1, -0.05) is 30.3 Å². The van der Waals surface area contributed by atoms with Crippen LogP contribution in [0.2, 0.25) is 0 Å². The van der Waals surface area contributed by atoms with Crippen molar-refractivity contribution in [3.63, 3.8) is 0 Å². The molecule has 1 fully saturated rings. The van der Waals surface area contributed by atoms with Gasteiger partial charge in [-0.2, -0.15) is 0 Å². The fourth-order valence-electron chi connectivity index (χ4n) is 3.74. The van der Waals surface area contributed by atoms with Gasteiger partial charge >= 0.3 is 11.9 Å². The third kappa shape index (κ3) is 6.94. The highest BCUT2D eigenvalue weighted by atomic mass is 19.1. The number of ether oxygens (including phenoxy) is 4. The molecule has 0 saturated heterocycles. The van der Waals surface area contributed by atoms with Gasteiger partial charge in [0.05, 0.1) is 19.1 Å². The van der Waals surface area contributed by atoms with Crippen molar-refractivity contribution in [2.45, 2.75) is 64.8 Å². The van der Waals surface area contributed by atoms with Crippen molar-refractivity contribution in [3.8, 4) is 11.5 Å². The molecule has 2 aromatic carbocycles. The van der Waals surface area contributed by atoms with E-state index in [2.05, 4.69) is 0 Å². The maximum Gasteiger partial charge on any atom is 0.342 e. The molecular weight excluding hydrogens is 427 g/mol. The minimum absolute atomic E-state index is 0.0387. The zero-order valence-corrected chi connectivity index (χ0v) is 19.6. The molecule has 0 atom stereocenters. The Balaban J connectivity index is 1.64. The van der Waals surface area contributed by atoms with E-state index in [1.54, 1.807) is 0 Å². The van der Waals surface area contributed by atoms with E-state index >= 15 is 0 Å². The monoisotopic (exact) mass is 458 g/mol. The first-order valence-corrected chi connectivity index (χ1v) is 11.1. The molecule has 0 N–H and O–H groups in total. The van der Waals surface area contributed by atoms with Gasteiger partial charge in [0, 0.05) is 12.1 Å². The number of carbonyl (C=O) groups excluding carboxylic acids is 2. The van der Waals surface area contributed by atoms with Gasteiger partial charge in [-0.25, -0.2) is 9.18 Å². The first-order chi connectivity index (χ1) is 15.7. The highest BCUT2D eigenvalue weighted by Gasteiger charge is 2.31. The molecule has 0 amide bonds. The third-order valence-electron chi connectivity index (χ3n) is 5.39. The van der Waals surface area contributed by atoms with Crippen LogP contribution >= 0.6 is 0 Å². The molecule has 1 aliphatic carbocycles. The number of hydrogen-bond donors (Lipinski definition) is 0. The van der Waals surface area contributed by atoms with Crippen LogP contribution in [0.3, 0.4) is 0 Å². The fourth-order valence-corrected chi connectivity index (χ4v) is 3.74. The molecule has 6 nitrogen and oxygen atoms in total. The maximum absolute atomic E-state index is 14.6. The molecule has 0 bridgehead atoms. The van der Waals surface area contributed by atoms with E-state index in [0.717, 1.165) is 11.6 Å². The SMILES string of the molecule is COc1cc(F)c(OC2CCC(C(=O)OC(C)(C)C)CC2)cc1C(=O)OCc1ccccc1. The molecule has 0 unspecified atom stereocenters.